The van der Waals surface area contributed by atoms with Gasteiger partial charge in [0.25, 0.3) is 11.8 Å². The maximum atomic E-state index is 13.1. The maximum Gasteiger partial charge on any atom is 0.262 e. The zero-order valence-electron chi connectivity index (χ0n) is 48.7. The van der Waals surface area contributed by atoms with Gasteiger partial charge in [-0.3, -0.25) is 9.59 Å². The van der Waals surface area contributed by atoms with Crippen LogP contribution in [0.5, 0.6) is 23.0 Å². The third-order valence-corrected chi connectivity index (χ3v) is 13.6. The van der Waals surface area contributed by atoms with E-state index in [9.17, 15) is 19.8 Å². The Bertz CT molecular complexity index is 3150. The molecule has 0 fully saturated rings. The number of hydrogen-bond acceptors (Lipinski definition) is 12. The molecule has 83 heavy (non-hydrogen) atoms. The quantitative estimate of drug-likeness (QED) is 0.0595. The lowest BCUT2D eigenvalue weighted by Gasteiger charge is -2.18. The third-order valence-electron chi connectivity index (χ3n) is 13.6. The van der Waals surface area contributed by atoms with Crippen molar-refractivity contribution in [3.8, 4) is 91.3 Å². The Morgan fingerprint density at radius 3 is 0.892 bits per heavy atom. The van der Waals surface area contributed by atoms with Crippen molar-refractivity contribution in [2.75, 3.05) is 6.67 Å². The van der Waals surface area contributed by atoms with Crippen molar-refractivity contribution in [3.05, 3.63) is 154 Å². The zero-order chi connectivity index (χ0) is 57.9. The van der Waals surface area contributed by atoms with Crippen LogP contribution in [0.2, 0.25) is 0 Å². The average molecular weight is 1130 g/mol. The summed E-state index contributed by atoms with van der Waals surface area (Å²) in [6.45, 7) is 28.2. The Morgan fingerprint density at radius 1 is 0.398 bits per heavy atom. The first-order valence-corrected chi connectivity index (χ1v) is 27.4. The second-order valence-corrected chi connectivity index (χ2v) is 21.7. The summed E-state index contributed by atoms with van der Waals surface area (Å²) >= 11 is 0. The summed E-state index contributed by atoms with van der Waals surface area (Å²) in [6.07, 6.45) is 2.20. The van der Waals surface area contributed by atoms with Crippen LogP contribution in [-0.2, 0) is 9.59 Å². The third kappa shape index (κ3) is 17.7. The van der Waals surface area contributed by atoms with Gasteiger partial charge in [0, 0.05) is 34.4 Å². The molecule has 8 rings (SSSR count). The van der Waals surface area contributed by atoms with Gasteiger partial charge in [0.1, 0.15) is 23.0 Å². The van der Waals surface area contributed by atoms with Crippen LogP contribution in [0.3, 0.4) is 0 Å². The van der Waals surface area contributed by atoms with Gasteiger partial charge in [0.05, 0.1) is 17.8 Å². The lowest BCUT2D eigenvalue weighted by Crippen LogP contribution is -2.46. The van der Waals surface area contributed by atoms with Crippen LogP contribution in [0.4, 0.5) is 0 Å². The Labute approximate surface area is 493 Å². The summed E-state index contributed by atoms with van der Waals surface area (Å²) in [5, 5.41) is 27.9. The van der Waals surface area contributed by atoms with Crippen molar-refractivity contribution in [2.45, 2.75) is 151 Å². The second kappa shape index (κ2) is 30.0. The molecule has 4 N–H and O–H groups in total. The molecule has 8 aromatic rings. The first kappa shape index (κ1) is 67.0. The van der Waals surface area contributed by atoms with E-state index in [-0.39, 0.29) is 63.6 Å². The first-order chi connectivity index (χ1) is 38.0. The summed E-state index contributed by atoms with van der Waals surface area (Å²) in [4.78, 5) is 55.2. The molecule has 2 atom stereocenters. The average Bonchev–Trinajstić information content (AvgIpc) is 3.35. The molecule has 0 aliphatic carbocycles. The van der Waals surface area contributed by atoms with E-state index in [1.165, 1.54) is 31.4 Å². The van der Waals surface area contributed by atoms with Crippen molar-refractivity contribution >= 4 is 11.8 Å². The van der Waals surface area contributed by atoms with Gasteiger partial charge in [-0.1, -0.05) is 164 Å². The fourth-order valence-electron chi connectivity index (χ4n) is 9.24. The predicted molar refractivity (Wildman–Crippen MR) is 339 cm³/mol. The van der Waals surface area contributed by atoms with E-state index in [2.05, 4.69) is 62.6 Å². The molecule has 14 heteroatoms. The summed E-state index contributed by atoms with van der Waals surface area (Å²) in [6, 6.07) is 33.5. The summed E-state index contributed by atoms with van der Waals surface area (Å²) in [5.74, 6) is 3.32. The number of phenolic OH excluding ortho intramolecular Hbond substituents is 2. The number of nitrogens with one attached hydrogen (secondary N) is 2. The number of carbonyl (C=O) groups excluding carboxylic acids is 2. The number of aromatic nitrogens is 6. The van der Waals surface area contributed by atoms with Gasteiger partial charge < -0.3 is 30.3 Å². The first-order valence-electron chi connectivity index (χ1n) is 27.4. The molecule has 0 saturated heterocycles. The van der Waals surface area contributed by atoms with Gasteiger partial charge in [-0.25, -0.2) is 29.9 Å². The minimum Gasteiger partial charge on any atom is -0.507 e. The Balaban J connectivity index is 0.00000114. The topological polar surface area (TPSA) is 194 Å². The highest BCUT2D eigenvalue weighted by Crippen LogP contribution is 2.36. The highest BCUT2D eigenvalue weighted by atomic mass is 16.5. The van der Waals surface area contributed by atoms with Gasteiger partial charge in [-0.05, 0) is 128 Å². The van der Waals surface area contributed by atoms with Crippen molar-refractivity contribution < 1.29 is 29.3 Å². The van der Waals surface area contributed by atoms with E-state index in [1.54, 1.807) is 38.1 Å². The molecular formula is C69H88N8O6. The van der Waals surface area contributed by atoms with Gasteiger partial charge in [-0.2, -0.15) is 0 Å². The zero-order valence-corrected chi connectivity index (χ0v) is 48.7. The second-order valence-electron chi connectivity index (χ2n) is 21.7. The Hall–Kier alpha value is -8.52. The van der Waals surface area contributed by atoms with E-state index in [0.29, 0.717) is 34.4 Å². The van der Waals surface area contributed by atoms with Gasteiger partial charge in [0.2, 0.25) is 0 Å². The number of benzene rings is 6. The molecule has 0 radical (unpaired) electrons. The molecule has 2 unspecified atom stereocenters. The van der Waals surface area contributed by atoms with E-state index in [0.717, 1.165) is 78.6 Å². The summed E-state index contributed by atoms with van der Waals surface area (Å²) in [7, 11) is 0. The molecule has 0 aliphatic rings. The number of phenols is 2. The molecule has 0 saturated carbocycles. The number of ether oxygens (including phenoxy) is 2. The van der Waals surface area contributed by atoms with E-state index in [1.807, 2.05) is 104 Å². The van der Waals surface area contributed by atoms with Crippen LogP contribution in [-0.4, -0.2) is 70.8 Å². The van der Waals surface area contributed by atoms with Crippen LogP contribution in [0.1, 0.15) is 128 Å². The number of hydrogen-bond donors (Lipinski definition) is 4. The van der Waals surface area contributed by atoms with Crippen molar-refractivity contribution in [2.24, 2.45) is 11.8 Å². The molecule has 0 spiro atoms. The van der Waals surface area contributed by atoms with Gasteiger partial charge in [0.15, 0.2) is 47.2 Å². The molecule has 2 heterocycles. The van der Waals surface area contributed by atoms with Crippen LogP contribution in [0, 0.1) is 67.2 Å². The van der Waals surface area contributed by atoms with Crippen molar-refractivity contribution in [3.63, 3.8) is 0 Å². The minimum absolute atomic E-state index is 0. The highest BCUT2D eigenvalue weighted by molar-refractivity contribution is 5.83. The largest absolute Gasteiger partial charge is 0.507 e. The summed E-state index contributed by atoms with van der Waals surface area (Å²) in [5.41, 5.74) is 12.6. The van der Waals surface area contributed by atoms with Crippen molar-refractivity contribution in [1.82, 2.24) is 40.5 Å². The van der Waals surface area contributed by atoms with Crippen LogP contribution in [0.15, 0.2) is 109 Å². The minimum atomic E-state index is -1.00. The predicted octanol–water partition coefficient (Wildman–Crippen LogP) is 15.7. The number of amides is 2. The Morgan fingerprint density at radius 2 is 0.651 bits per heavy atom. The van der Waals surface area contributed by atoms with E-state index < -0.39 is 24.0 Å². The highest BCUT2D eigenvalue weighted by Gasteiger charge is 2.23. The number of aryl methyl sites for hydroxylation is 8. The Kier molecular flexibility index (Phi) is 24.2. The van der Waals surface area contributed by atoms with Crippen LogP contribution in [0.25, 0.3) is 68.3 Å². The normalized spacial score (nSPS) is 11.5. The molecule has 6 aromatic carbocycles. The molecule has 0 bridgehead atoms. The lowest BCUT2D eigenvalue weighted by molar-refractivity contribution is -0.129. The summed E-state index contributed by atoms with van der Waals surface area (Å²) < 4.78 is 11.8. The fraction of sp³-hybridized carbons (Fsp3) is 0.362. The lowest BCUT2D eigenvalue weighted by atomic mass is 10.0. The standard InChI is InChI=1S/C57H56N8O6.C9H20.3CH4/c1-30-11-17-42(34(5)23-30)50-60-51(43-18-12-31(2)24-35(43)6)63-54(62-50)46-21-15-40(27-48(46)66)70-38(9)56(68)58-29-59-57(69)39(10)71-41-16-22-47(49(67)28-41)55-64-52(44-19-13-32(3)25-36(44)7)61-53(65-55)45-20-14-33(4)26-37(45)8;1-8(2)6-5-7-9(3)4;;;/h11-28,38-39,66-67H,29H2,1-10H3,(H,58,68)(H,59,69);8-9H,5-7H2,1-4H3;3*1H4. The molecule has 0 aliphatic heterocycles. The van der Waals surface area contributed by atoms with E-state index in [4.69, 9.17) is 39.4 Å². The van der Waals surface area contributed by atoms with Gasteiger partial charge in [-0.15, -0.1) is 0 Å². The SMILES string of the molecule is C.C.C.CC(C)CCCC(C)C.Cc1ccc(-c2nc(-c3ccc(C)cc3C)nc(-c3ccc(OC(C)C(=O)NCNC(=O)C(C)Oc4ccc(-c5nc(-c6ccc(C)cc6C)nc(-c6ccc(C)cc6C)n5)c(O)c4)cc3O)n2)c(C)c1. The smallest absolute Gasteiger partial charge is 0.262 e. The number of aromatic hydroxyl groups is 2. The maximum absolute atomic E-state index is 13.1. The monoisotopic (exact) mass is 1120 g/mol. The molecule has 2 amide bonds. The van der Waals surface area contributed by atoms with Crippen LogP contribution < -0.4 is 20.1 Å². The molecule has 14 nitrogen and oxygen atoms in total. The molecular weight excluding hydrogens is 1040 g/mol. The number of nitrogens with zero attached hydrogens (tertiary/aromatic N) is 6. The van der Waals surface area contributed by atoms with Crippen LogP contribution >= 0.6 is 0 Å². The molecule has 2 aromatic heterocycles. The van der Waals surface area contributed by atoms with Gasteiger partial charge >= 0.3 is 0 Å². The number of rotatable bonds is 18. The number of carbonyl (C=O) groups is 2. The van der Waals surface area contributed by atoms with Crippen molar-refractivity contribution in [1.29, 1.82) is 0 Å². The fourth-order valence-corrected chi connectivity index (χ4v) is 9.24. The van der Waals surface area contributed by atoms with E-state index >= 15 is 0 Å². The molecule has 440 valence electrons.